The van der Waals surface area contributed by atoms with Gasteiger partial charge in [0.05, 0.1) is 16.9 Å². The first-order valence-corrected chi connectivity index (χ1v) is 10.2. The van der Waals surface area contributed by atoms with Crippen molar-refractivity contribution in [1.82, 2.24) is 0 Å². The summed E-state index contributed by atoms with van der Waals surface area (Å²) >= 11 is 0. The van der Waals surface area contributed by atoms with Crippen LogP contribution in [-0.4, -0.2) is 26.0 Å². The van der Waals surface area contributed by atoms with E-state index in [0.29, 0.717) is 5.69 Å². The first-order chi connectivity index (χ1) is 12.5. The molecule has 142 valence electrons. The lowest BCUT2D eigenvalue weighted by Crippen LogP contribution is -2.33. The summed E-state index contributed by atoms with van der Waals surface area (Å²) in [4.78, 5) is 25.2. The molecule has 2 amide bonds. The molecule has 0 aromatic heterocycles. The van der Waals surface area contributed by atoms with Gasteiger partial charge < -0.3 is 5.32 Å². The topological polar surface area (TPSA) is 83.6 Å². The van der Waals surface area contributed by atoms with E-state index in [4.69, 9.17) is 0 Å². The van der Waals surface area contributed by atoms with E-state index in [1.54, 1.807) is 26.0 Å². The molecule has 1 heterocycles. The molecular weight excluding hydrogens is 364 g/mol. The van der Waals surface area contributed by atoms with Crippen LogP contribution in [0, 0.1) is 19.3 Å². The molecule has 6 nitrogen and oxygen atoms in total. The highest BCUT2D eigenvalue weighted by Crippen LogP contribution is 2.36. The maximum Gasteiger partial charge on any atom is 0.255 e. The number of aryl methyl sites for hydroxylation is 2. The van der Waals surface area contributed by atoms with E-state index >= 15 is 0 Å². The van der Waals surface area contributed by atoms with E-state index in [0.717, 1.165) is 15.4 Å². The van der Waals surface area contributed by atoms with Crippen molar-refractivity contribution in [2.75, 3.05) is 15.4 Å². The molecule has 2 aromatic carbocycles. The van der Waals surface area contributed by atoms with Gasteiger partial charge in [-0.15, -0.1) is 0 Å². The Bertz CT molecular complexity index is 1040. The van der Waals surface area contributed by atoms with Crippen molar-refractivity contribution in [3.05, 3.63) is 59.2 Å². The van der Waals surface area contributed by atoms with E-state index in [1.165, 1.54) is 12.1 Å². The molecule has 0 atom stereocenters. The zero-order valence-corrected chi connectivity index (χ0v) is 16.6. The highest BCUT2D eigenvalue weighted by atomic mass is 32.2. The Hall–Kier alpha value is -2.67. The van der Waals surface area contributed by atoms with Crippen LogP contribution in [0.3, 0.4) is 0 Å². The molecule has 7 heteroatoms. The largest absolute Gasteiger partial charge is 0.322 e. The fourth-order valence-electron chi connectivity index (χ4n) is 3.10. The van der Waals surface area contributed by atoms with E-state index in [1.807, 2.05) is 32.0 Å². The van der Waals surface area contributed by atoms with Crippen molar-refractivity contribution in [1.29, 1.82) is 0 Å². The van der Waals surface area contributed by atoms with Crippen LogP contribution in [0.2, 0.25) is 0 Å². The maximum absolute atomic E-state index is 12.7. The number of rotatable bonds is 3. The van der Waals surface area contributed by atoms with E-state index in [-0.39, 0.29) is 22.9 Å². The Morgan fingerprint density at radius 3 is 2.44 bits per heavy atom. The molecule has 0 aliphatic carbocycles. The van der Waals surface area contributed by atoms with E-state index in [9.17, 15) is 18.0 Å². The lowest BCUT2D eigenvalue weighted by Gasteiger charge is -2.18. The summed E-state index contributed by atoms with van der Waals surface area (Å²) in [6.45, 7) is 7.03. The second-order valence-electron chi connectivity index (χ2n) is 7.53. The highest BCUT2D eigenvalue weighted by Gasteiger charge is 2.49. The fraction of sp³-hybridized carbons (Fsp3) is 0.300. The predicted octanol–water partition coefficient (Wildman–Crippen LogP) is 3.26. The monoisotopic (exact) mass is 386 g/mol. The standard InChI is InChI=1S/C20H22N2O4S/c1-13-8-9-14(2)17(10-13)21-18(23)15-6-5-7-16(11-15)22-19(24)20(3,4)12-27(22,25)26/h5-11H,12H2,1-4H3,(H,21,23). The zero-order valence-electron chi connectivity index (χ0n) is 15.7. The van der Waals surface area contributed by atoms with Crippen LogP contribution in [0.5, 0.6) is 0 Å². The van der Waals surface area contributed by atoms with Crippen LogP contribution in [0.4, 0.5) is 11.4 Å². The molecule has 0 radical (unpaired) electrons. The molecule has 1 saturated heterocycles. The van der Waals surface area contributed by atoms with Crippen molar-refractivity contribution in [2.24, 2.45) is 5.41 Å². The van der Waals surface area contributed by atoms with E-state index < -0.39 is 21.3 Å². The number of nitrogens with zero attached hydrogens (tertiary/aromatic N) is 1. The quantitative estimate of drug-likeness (QED) is 0.878. The zero-order chi connectivity index (χ0) is 20.0. The number of nitrogens with one attached hydrogen (secondary N) is 1. The summed E-state index contributed by atoms with van der Waals surface area (Å²) in [5.41, 5.74) is 2.09. The predicted molar refractivity (Wildman–Crippen MR) is 105 cm³/mol. The number of hydrogen-bond donors (Lipinski definition) is 1. The Balaban J connectivity index is 1.93. The third-order valence-electron chi connectivity index (χ3n) is 4.57. The van der Waals surface area contributed by atoms with Crippen molar-refractivity contribution in [3.8, 4) is 0 Å². The SMILES string of the molecule is Cc1ccc(C)c(NC(=O)c2cccc(N3C(=O)C(C)(C)CS3(=O)=O)c2)c1. The Kier molecular flexibility index (Phi) is 4.59. The molecule has 1 aliphatic heterocycles. The molecule has 0 bridgehead atoms. The normalized spacial score (nSPS) is 17.8. The van der Waals surface area contributed by atoms with Gasteiger partial charge in [0.2, 0.25) is 15.9 Å². The number of anilines is 2. The van der Waals surface area contributed by atoms with Crippen LogP contribution < -0.4 is 9.62 Å². The molecule has 0 spiro atoms. The van der Waals surface area contributed by atoms with Crippen LogP contribution >= 0.6 is 0 Å². The molecule has 1 fully saturated rings. The molecule has 3 rings (SSSR count). The second kappa shape index (κ2) is 6.49. The lowest BCUT2D eigenvalue weighted by atomic mass is 9.95. The summed E-state index contributed by atoms with van der Waals surface area (Å²) in [7, 11) is -3.76. The van der Waals surface area contributed by atoms with Gasteiger partial charge in [-0.3, -0.25) is 9.59 Å². The van der Waals surface area contributed by atoms with Gasteiger partial charge in [-0.2, -0.15) is 0 Å². The molecular formula is C20H22N2O4S. The first-order valence-electron chi connectivity index (χ1n) is 8.57. The minimum Gasteiger partial charge on any atom is -0.322 e. The average Bonchev–Trinajstić information content (AvgIpc) is 2.74. The van der Waals surface area contributed by atoms with Gasteiger partial charge in [-0.05, 0) is 63.1 Å². The number of amides is 2. The summed E-state index contributed by atoms with van der Waals surface area (Å²) in [6.07, 6.45) is 0. The number of hydrogen-bond acceptors (Lipinski definition) is 4. The summed E-state index contributed by atoms with van der Waals surface area (Å²) in [5.74, 6) is -1.11. The third-order valence-corrected chi connectivity index (χ3v) is 6.59. The second-order valence-corrected chi connectivity index (χ2v) is 9.35. The molecule has 0 saturated carbocycles. The van der Waals surface area contributed by atoms with Gasteiger partial charge in [0, 0.05) is 11.3 Å². The number of carbonyl (C=O) groups is 2. The molecule has 0 unspecified atom stereocenters. The number of carbonyl (C=O) groups excluding carboxylic acids is 2. The summed E-state index contributed by atoms with van der Waals surface area (Å²) in [6, 6.07) is 11.8. The van der Waals surface area contributed by atoms with Gasteiger partial charge in [0.15, 0.2) is 0 Å². The Labute approximate surface area is 159 Å². The summed E-state index contributed by atoms with van der Waals surface area (Å²) in [5, 5.41) is 2.84. The van der Waals surface area contributed by atoms with E-state index in [2.05, 4.69) is 5.32 Å². The number of benzene rings is 2. The maximum atomic E-state index is 12.7. The highest BCUT2D eigenvalue weighted by molar-refractivity contribution is 7.94. The van der Waals surface area contributed by atoms with Gasteiger partial charge in [-0.1, -0.05) is 18.2 Å². The molecule has 27 heavy (non-hydrogen) atoms. The third kappa shape index (κ3) is 3.60. The van der Waals surface area contributed by atoms with Crippen molar-refractivity contribution in [3.63, 3.8) is 0 Å². The van der Waals surface area contributed by atoms with Crippen LogP contribution in [0.1, 0.15) is 35.3 Å². The van der Waals surface area contributed by atoms with Gasteiger partial charge in [-0.25, -0.2) is 12.7 Å². The van der Waals surface area contributed by atoms with Gasteiger partial charge in [0.1, 0.15) is 0 Å². The first kappa shape index (κ1) is 19.1. The Morgan fingerprint density at radius 2 is 1.81 bits per heavy atom. The minimum absolute atomic E-state index is 0.180. The van der Waals surface area contributed by atoms with Gasteiger partial charge in [0.25, 0.3) is 5.91 Å². The van der Waals surface area contributed by atoms with Gasteiger partial charge >= 0.3 is 0 Å². The molecule has 1 N–H and O–H groups in total. The lowest BCUT2D eigenvalue weighted by molar-refractivity contribution is -0.123. The van der Waals surface area contributed by atoms with Crippen molar-refractivity contribution >= 4 is 33.2 Å². The average molecular weight is 386 g/mol. The number of sulfonamides is 1. The summed E-state index contributed by atoms with van der Waals surface area (Å²) < 4.78 is 25.7. The van der Waals surface area contributed by atoms with Crippen LogP contribution in [-0.2, 0) is 14.8 Å². The fourth-order valence-corrected chi connectivity index (χ4v) is 5.20. The van der Waals surface area contributed by atoms with Crippen LogP contribution in [0.15, 0.2) is 42.5 Å². The molecule has 1 aliphatic rings. The Morgan fingerprint density at radius 1 is 1.11 bits per heavy atom. The van der Waals surface area contributed by atoms with Crippen molar-refractivity contribution < 1.29 is 18.0 Å². The van der Waals surface area contributed by atoms with Crippen molar-refractivity contribution in [2.45, 2.75) is 27.7 Å². The minimum atomic E-state index is -3.76. The molecule has 2 aromatic rings. The smallest absolute Gasteiger partial charge is 0.255 e. The van der Waals surface area contributed by atoms with Crippen LogP contribution in [0.25, 0.3) is 0 Å².